The summed E-state index contributed by atoms with van der Waals surface area (Å²) < 4.78 is 47.1. The Bertz CT molecular complexity index is 557. The number of halogens is 3. The van der Waals surface area contributed by atoms with Crippen LogP contribution in [-0.4, -0.2) is 44.0 Å². The van der Waals surface area contributed by atoms with Crippen molar-refractivity contribution in [1.29, 1.82) is 0 Å². The second-order valence-corrected chi connectivity index (χ2v) is 4.87. The van der Waals surface area contributed by atoms with Crippen molar-refractivity contribution < 1.29 is 27.6 Å². The summed E-state index contributed by atoms with van der Waals surface area (Å²) in [4.78, 5) is 12.1. The van der Waals surface area contributed by atoms with Crippen LogP contribution in [0.3, 0.4) is 0 Å². The molecular weight excluding hydrogens is 305 g/mol. The van der Waals surface area contributed by atoms with E-state index in [2.05, 4.69) is 0 Å². The highest BCUT2D eigenvalue weighted by atomic mass is 19.4. The number of benzene rings is 1. The highest BCUT2D eigenvalue weighted by Gasteiger charge is 2.30. The van der Waals surface area contributed by atoms with Crippen molar-refractivity contribution in [1.82, 2.24) is 0 Å². The van der Waals surface area contributed by atoms with Crippen LogP contribution < -0.4 is 9.64 Å². The highest BCUT2D eigenvalue weighted by molar-refractivity contribution is 5.65. The highest BCUT2D eigenvalue weighted by Crippen LogP contribution is 2.36. The predicted molar refractivity (Wildman–Crippen MR) is 72.4 cm³/mol. The molecule has 1 heterocycles. The molecule has 1 aliphatic rings. The summed E-state index contributed by atoms with van der Waals surface area (Å²) in [6, 6.07) is 2.53. The molecule has 1 fully saturated rings. The third-order valence-electron chi connectivity index (χ3n) is 3.22. The van der Waals surface area contributed by atoms with Crippen molar-refractivity contribution in [3.63, 3.8) is 0 Å². The Morgan fingerprint density at radius 2 is 2.00 bits per heavy atom. The van der Waals surface area contributed by atoms with Gasteiger partial charge in [-0.05, 0) is 13.0 Å². The fourth-order valence-electron chi connectivity index (χ4n) is 2.19. The van der Waals surface area contributed by atoms with Crippen LogP contribution in [0.15, 0.2) is 12.1 Å². The van der Waals surface area contributed by atoms with Gasteiger partial charge in [0.05, 0.1) is 29.9 Å². The van der Waals surface area contributed by atoms with Crippen LogP contribution >= 0.6 is 0 Å². The molecule has 0 saturated carbocycles. The topological polar surface area (TPSA) is 64.8 Å². The van der Waals surface area contributed by atoms with Crippen molar-refractivity contribution in [3.8, 4) is 5.75 Å². The fraction of sp³-hybridized carbons (Fsp3) is 0.538. The van der Waals surface area contributed by atoms with Gasteiger partial charge in [-0.3, -0.25) is 10.1 Å². The number of nitrogens with zero attached hydrogens (tertiary/aromatic N) is 2. The second kappa shape index (κ2) is 6.39. The van der Waals surface area contributed by atoms with E-state index < -0.39 is 17.7 Å². The molecule has 1 aliphatic heterocycles. The van der Waals surface area contributed by atoms with E-state index in [1.807, 2.05) is 0 Å². The molecular formula is C13H15F3N2O4. The fourth-order valence-corrected chi connectivity index (χ4v) is 2.19. The van der Waals surface area contributed by atoms with Crippen LogP contribution in [0.25, 0.3) is 0 Å². The van der Waals surface area contributed by atoms with E-state index in [1.165, 1.54) is 13.0 Å². The Morgan fingerprint density at radius 3 is 2.55 bits per heavy atom. The maximum Gasteiger partial charge on any atom is 0.422 e. The lowest BCUT2D eigenvalue weighted by atomic mass is 10.1. The average Bonchev–Trinajstić information content (AvgIpc) is 2.45. The Kier molecular flexibility index (Phi) is 4.74. The van der Waals surface area contributed by atoms with Gasteiger partial charge in [-0.1, -0.05) is 0 Å². The molecule has 2 rings (SSSR count). The van der Waals surface area contributed by atoms with E-state index in [0.29, 0.717) is 37.6 Å². The first-order valence-corrected chi connectivity index (χ1v) is 6.59. The Hall–Kier alpha value is -2.03. The van der Waals surface area contributed by atoms with Crippen LogP contribution in [0, 0.1) is 17.0 Å². The van der Waals surface area contributed by atoms with E-state index in [4.69, 9.17) is 9.47 Å². The summed E-state index contributed by atoms with van der Waals surface area (Å²) in [5.74, 6) is -0.142. The molecule has 1 aromatic rings. The molecule has 1 saturated heterocycles. The standard InChI is InChI=1S/C13H15F3N2O4/c1-9-6-11(17-2-4-21-5-3-17)12(7-10(9)18(19)20)22-8-13(14,15)16/h6-7H,2-5,8H2,1H3. The van der Waals surface area contributed by atoms with Gasteiger partial charge >= 0.3 is 6.18 Å². The van der Waals surface area contributed by atoms with E-state index in [9.17, 15) is 23.3 Å². The number of anilines is 1. The summed E-state index contributed by atoms with van der Waals surface area (Å²) >= 11 is 0. The number of nitro groups is 1. The van der Waals surface area contributed by atoms with Gasteiger partial charge in [0.1, 0.15) is 5.75 Å². The summed E-state index contributed by atoms with van der Waals surface area (Å²) in [5, 5.41) is 11.0. The monoisotopic (exact) mass is 320 g/mol. The first-order chi connectivity index (χ1) is 10.3. The SMILES string of the molecule is Cc1cc(N2CCOCC2)c(OCC(F)(F)F)cc1[N+](=O)[O-]. The molecule has 0 N–H and O–H groups in total. The van der Waals surface area contributed by atoms with E-state index in [-0.39, 0.29) is 11.4 Å². The van der Waals surface area contributed by atoms with Crippen LogP contribution in [0.2, 0.25) is 0 Å². The molecule has 0 unspecified atom stereocenters. The van der Waals surface area contributed by atoms with Crippen LogP contribution in [0.4, 0.5) is 24.5 Å². The molecule has 0 atom stereocenters. The van der Waals surface area contributed by atoms with Gasteiger partial charge in [-0.25, -0.2) is 0 Å². The molecule has 22 heavy (non-hydrogen) atoms. The zero-order valence-electron chi connectivity index (χ0n) is 11.9. The molecule has 0 radical (unpaired) electrons. The number of ether oxygens (including phenoxy) is 2. The largest absolute Gasteiger partial charge is 0.482 e. The summed E-state index contributed by atoms with van der Waals surface area (Å²) in [6.07, 6.45) is -4.51. The number of alkyl halides is 3. The molecule has 6 nitrogen and oxygen atoms in total. The van der Waals surface area contributed by atoms with E-state index in [0.717, 1.165) is 6.07 Å². The number of aryl methyl sites for hydroxylation is 1. The van der Waals surface area contributed by atoms with Crippen molar-refractivity contribution in [2.75, 3.05) is 37.8 Å². The Balaban J connectivity index is 2.36. The first-order valence-electron chi connectivity index (χ1n) is 6.59. The smallest absolute Gasteiger partial charge is 0.422 e. The van der Waals surface area contributed by atoms with Gasteiger partial charge in [0.2, 0.25) is 0 Å². The molecule has 0 aliphatic carbocycles. The lowest BCUT2D eigenvalue weighted by Gasteiger charge is -2.30. The molecule has 0 amide bonds. The molecule has 122 valence electrons. The third-order valence-corrected chi connectivity index (χ3v) is 3.22. The van der Waals surface area contributed by atoms with Crippen molar-refractivity contribution >= 4 is 11.4 Å². The van der Waals surface area contributed by atoms with Crippen LogP contribution in [0.1, 0.15) is 5.56 Å². The molecule has 9 heteroatoms. The third kappa shape index (κ3) is 4.00. The van der Waals surface area contributed by atoms with Crippen LogP contribution in [-0.2, 0) is 4.74 Å². The zero-order chi connectivity index (χ0) is 16.3. The van der Waals surface area contributed by atoms with Gasteiger partial charge in [-0.15, -0.1) is 0 Å². The van der Waals surface area contributed by atoms with Crippen molar-refractivity contribution in [2.45, 2.75) is 13.1 Å². The summed E-state index contributed by atoms with van der Waals surface area (Å²) in [6.45, 7) is 1.89. The van der Waals surface area contributed by atoms with E-state index >= 15 is 0 Å². The van der Waals surface area contributed by atoms with Crippen molar-refractivity contribution in [2.24, 2.45) is 0 Å². The predicted octanol–water partition coefficient (Wildman–Crippen LogP) is 2.68. The summed E-state index contributed by atoms with van der Waals surface area (Å²) in [7, 11) is 0. The lowest BCUT2D eigenvalue weighted by molar-refractivity contribution is -0.385. The van der Waals surface area contributed by atoms with Gasteiger partial charge in [-0.2, -0.15) is 13.2 Å². The summed E-state index contributed by atoms with van der Waals surface area (Å²) in [5.41, 5.74) is 0.510. The second-order valence-electron chi connectivity index (χ2n) is 4.87. The van der Waals surface area contributed by atoms with Crippen LogP contribution in [0.5, 0.6) is 5.75 Å². The van der Waals surface area contributed by atoms with Gasteiger partial charge in [0.15, 0.2) is 6.61 Å². The Morgan fingerprint density at radius 1 is 1.36 bits per heavy atom. The van der Waals surface area contributed by atoms with Gasteiger partial charge in [0, 0.05) is 18.7 Å². The number of rotatable bonds is 4. The average molecular weight is 320 g/mol. The normalized spacial score (nSPS) is 15.7. The van der Waals surface area contributed by atoms with Gasteiger partial charge in [0.25, 0.3) is 5.69 Å². The maximum absolute atomic E-state index is 12.4. The number of hydrogen-bond donors (Lipinski definition) is 0. The quantitative estimate of drug-likeness (QED) is 0.630. The number of morpholine rings is 1. The minimum absolute atomic E-state index is 0.142. The van der Waals surface area contributed by atoms with E-state index in [1.54, 1.807) is 4.90 Å². The molecule has 0 bridgehead atoms. The Labute approximate surface area is 124 Å². The maximum atomic E-state index is 12.4. The van der Waals surface area contributed by atoms with Crippen molar-refractivity contribution in [3.05, 3.63) is 27.8 Å². The number of nitro benzene ring substituents is 1. The first kappa shape index (κ1) is 16.3. The number of hydrogen-bond acceptors (Lipinski definition) is 5. The minimum Gasteiger partial charge on any atom is -0.482 e. The molecule has 0 spiro atoms. The molecule has 1 aromatic carbocycles. The lowest BCUT2D eigenvalue weighted by Crippen LogP contribution is -2.36. The molecule has 0 aromatic heterocycles. The van der Waals surface area contributed by atoms with Gasteiger partial charge < -0.3 is 14.4 Å². The minimum atomic E-state index is -4.51. The zero-order valence-corrected chi connectivity index (χ0v) is 11.9.